The van der Waals surface area contributed by atoms with E-state index >= 15 is 0 Å². The number of nitrogens with zero attached hydrogens (tertiary/aromatic N) is 1. The van der Waals surface area contributed by atoms with E-state index in [1.54, 1.807) is 7.11 Å². The number of amides is 2. The van der Waals surface area contributed by atoms with Crippen molar-refractivity contribution in [1.29, 1.82) is 0 Å². The number of carboxylic acid groups (broad SMARTS) is 1. The van der Waals surface area contributed by atoms with Gasteiger partial charge in [0.2, 0.25) is 0 Å². The molecule has 0 aliphatic heterocycles. The molecule has 6 heteroatoms. The number of carbonyl (C=O) groups excluding carboxylic acids is 1. The zero-order chi connectivity index (χ0) is 11.8. The molecule has 2 N–H and O–H groups in total. The Balaban J connectivity index is 3.84. The van der Waals surface area contributed by atoms with Gasteiger partial charge in [-0.1, -0.05) is 0 Å². The van der Waals surface area contributed by atoms with Crippen molar-refractivity contribution < 1.29 is 19.4 Å². The van der Waals surface area contributed by atoms with Gasteiger partial charge in [-0.2, -0.15) is 0 Å². The molecule has 15 heavy (non-hydrogen) atoms. The van der Waals surface area contributed by atoms with Crippen molar-refractivity contribution in [3.8, 4) is 0 Å². The molecular formula is C9H18N2O4. The van der Waals surface area contributed by atoms with Gasteiger partial charge in [0.15, 0.2) is 0 Å². The summed E-state index contributed by atoms with van der Waals surface area (Å²) in [5.41, 5.74) is 0. The van der Waals surface area contributed by atoms with Crippen molar-refractivity contribution >= 4 is 12.0 Å². The molecule has 88 valence electrons. The number of likely N-dealkylation sites (N-methyl/N-ethyl adjacent to an activating group) is 1. The Morgan fingerprint density at radius 1 is 1.53 bits per heavy atom. The van der Waals surface area contributed by atoms with Crippen LogP contribution in [0.15, 0.2) is 0 Å². The normalized spacial score (nSPS) is 11.9. The highest BCUT2D eigenvalue weighted by atomic mass is 16.5. The van der Waals surface area contributed by atoms with Crippen LogP contribution in [0.3, 0.4) is 0 Å². The first-order chi connectivity index (χ1) is 7.00. The fraction of sp³-hybridized carbons (Fsp3) is 0.778. The van der Waals surface area contributed by atoms with Gasteiger partial charge in [-0.15, -0.1) is 0 Å². The summed E-state index contributed by atoms with van der Waals surface area (Å²) < 4.78 is 4.81. The standard InChI is InChI=1S/C9H18N2O4/c1-7(8(12)13)11(2)9(14)10-5-4-6-15-3/h7H,4-6H2,1-3H3,(H,10,14)(H,12,13). The fourth-order valence-corrected chi connectivity index (χ4v) is 0.878. The fourth-order valence-electron chi connectivity index (χ4n) is 0.878. The number of rotatable bonds is 6. The van der Waals surface area contributed by atoms with E-state index in [0.29, 0.717) is 19.6 Å². The van der Waals surface area contributed by atoms with Gasteiger partial charge in [-0.05, 0) is 13.3 Å². The van der Waals surface area contributed by atoms with E-state index in [1.165, 1.54) is 14.0 Å². The van der Waals surface area contributed by atoms with Crippen molar-refractivity contribution in [2.24, 2.45) is 0 Å². The molecule has 2 amide bonds. The van der Waals surface area contributed by atoms with E-state index in [4.69, 9.17) is 9.84 Å². The van der Waals surface area contributed by atoms with Gasteiger partial charge in [0.25, 0.3) is 0 Å². The van der Waals surface area contributed by atoms with E-state index in [0.717, 1.165) is 4.90 Å². The van der Waals surface area contributed by atoms with Crippen LogP contribution in [0.25, 0.3) is 0 Å². The number of hydrogen-bond donors (Lipinski definition) is 2. The molecule has 0 saturated carbocycles. The van der Waals surface area contributed by atoms with Gasteiger partial charge < -0.3 is 20.1 Å². The highest BCUT2D eigenvalue weighted by molar-refractivity contribution is 5.82. The molecule has 0 heterocycles. The van der Waals surface area contributed by atoms with Gasteiger partial charge in [0, 0.05) is 27.3 Å². The third-order valence-electron chi connectivity index (χ3n) is 2.06. The summed E-state index contributed by atoms with van der Waals surface area (Å²) in [7, 11) is 3.03. The Kier molecular flexibility index (Phi) is 6.44. The van der Waals surface area contributed by atoms with E-state index < -0.39 is 12.0 Å². The summed E-state index contributed by atoms with van der Waals surface area (Å²) in [6.07, 6.45) is 0.706. The topological polar surface area (TPSA) is 78.9 Å². The maximum Gasteiger partial charge on any atom is 0.326 e. The molecule has 0 fully saturated rings. The lowest BCUT2D eigenvalue weighted by Crippen LogP contribution is -2.46. The summed E-state index contributed by atoms with van der Waals surface area (Å²) in [4.78, 5) is 23.1. The zero-order valence-electron chi connectivity index (χ0n) is 9.32. The zero-order valence-corrected chi connectivity index (χ0v) is 9.32. The molecule has 1 atom stereocenters. The molecule has 0 aliphatic carbocycles. The molecule has 1 unspecified atom stereocenters. The Labute approximate surface area is 89.2 Å². The highest BCUT2D eigenvalue weighted by Gasteiger charge is 2.20. The average Bonchev–Trinajstić information content (AvgIpc) is 2.21. The van der Waals surface area contributed by atoms with Crippen LogP contribution in [0, 0.1) is 0 Å². The Morgan fingerprint density at radius 2 is 2.13 bits per heavy atom. The second kappa shape index (κ2) is 7.05. The third kappa shape index (κ3) is 5.21. The second-order valence-electron chi connectivity index (χ2n) is 3.20. The van der Waals surface area contributed by atoms with Crippen LogP contribution in [0.5, 0.6) is 0 Å². The molecule has 0 spiro atoms. The van der Waals surface area contributed by atoms with Crippen LogP contribution in [-0.4, -0.2) is 55.4 Å². The van der Waals surface area contributed by atoms with Gasteiger partial charge in [-0.3, -0.25) is 0 Å². The van der Waals surface area contributed by atoms with Crippen molar-refractivity contribution in [2.45, 2.75) is 19.4 Å². The summed E-state index contributed by atoms with van der Waals surface area (Å²) in [5.74, 6) is -1.02. The maximum atomic E-state index is 11.4. The molecule has 0 radical (unpaired) electrons. The van der Waals surface area contributed by atoms with E-state index in [2.05, 4.69) is 5.32 Å². The number of ether oxygens (including phenoxy) is 1. The lowest BCUT2D eigenvalue weighted by atomic mass is 10.3. The van der Waals surface area contributed by atoms with Gasteiger partial charge >= 0.3 is 12.0 Å². The van der Waals surface area contributed by atoms with Crippen molar-refractivity contribution in [2.75, 3.05) is 27.3 Å². The highest BCUT2D eigenvalue weighted by Crippen LogP contribution is 1.95. The number of hydrogen-bond acceptors (Lipinski definition) is 3. The van der Waals surface area contributed by atoms with Crippen LogP contribution in [0.2, 0.25) is 0 Å². The number of urea groups is 1. The molecule has 6 nitrogen and oxygen atoms in total. The minimum absolute atomic E-state index is 0.388. The molecule has 0 aliphatic rings. The summed E-state index contributed by atoms with van der Waals surface area (Å²) >= 11 is 0. The first-order valence-electron chi connectivity index (χ1n) is 4.73. The first kappa shape index (κ1) is 13.7. The Hall–Kier alpha value is -1.30. The molecule has 0 aromatic rings. The monoisotopic (exact) mass is 218 g/mol. The predicted molar refractivity (Wildman–Crippen MR) is 54.8 cm³/mol. The summed E-state index contributed by atoms with van der Waals surface area (Å²) in [5, 5.41) is 11.3. The number of carboxylic acids is 1. The lowest BCUT2D eigenvalue weighted by molar-refractivity contribution is -0.141. The number of carbonyl (C=O) groups is 2. The second-order valence-corrected chi connectivity index (χ2v) is 3.20. The molecule has 0 saturated heterocycles. The number of methoxy groups -OCH3 is 1. The smallest absolute Gasteiger partial charge is 0.326 e. The van der Waals surface area contributed by atoms with Crippen molar-refractivity contribution in [3.05, 3.63) is 0 Å². The van der Waals surface area contributed by atoms with Crippen molar-refractivity contribution in [1.82, 2.24) is 10.2 Å². The minimum atomic E-state index is -1.02. The molecule has 0 bridgehead atoms. The van der Waals surface area contributed by atoms with Crippen LogP contribution >= 0.6 is 0 Å². The maximum absolute atomic E-state index is 11.4. The van der Waals surface area contributed by atoms with Crippen LogP contribution < -0.4 is 5.32 Å². The largest absolute Gasteiger partial charge is 0.480 e. The number of nitrogens with one attached hydrogen (secondary N) is 1. The number of aliphatic carboxylic acids is 1. The summed E-state index contributed by atoms with van der Waals surface area (Å²) in [6.45, 7) is 2.50. The van der Waals surface area contributed by atoms with E-state index in [1.807, 2.05) is 0 Å². The molecule has 0 aromatic heterocycles. The van der Waals surface area contributed by atoms with Gasteiger partial charge in [0.1, 0.15) is 6.04 Å². The average molecular weight is 218 g/mol. The molecular weight excluding hydrogens is 200 g/mol. The van der Waals surface area contributed by atoms with Crippen LogP contribution in [0.4, 0.5) is 4.79 Å². The quantitative estimate of drug-likeness (QED) is 0.621. The van der Waals surface area contributed by atoms with Crippen LogP contribution in [0.1, 0.15) is 13.3 Å². The summed E-state index contributed by atoms with van der Waals surface area (Å²) in [6, 6.07) is -1.21. The Morgan fingerprint density at radius 3 is 2.60 bits per heavy atom. The SMILES string of the molecule is COCCCNC(=O)N(C)C(C)C(=O)O. The minimum Gasteiger partial charge on any atom is -0.480 e. The molecule has 0 aromatic carbocycles. The lowest BCUT2D eigenvalue weighted by Gasteiger charge is -2.21. The third-order valence-corrected chi connectivity index (χ3v) is 2.06. The van der Waals surface area contributed by atoms with Crippen molar-refractivity contribution in [3.63, 3.8) is 0 Å². The first-order valence-corrected chi connectivity index (χ1v) is 4.73. The predicted octanol–water partition coefficient (Wildman–Crippen LogP) is 0.137. The van der Waals surface area contributed by atoms with Gasteiger partial charge in [-0.25, -0.2) is 9.59 Å². The van der Waals surface area contributed by atoms with E-state index in [9.17, 15) is 9.59 Å². The van der Waals surface area contributed by atoms with Crippen LogP contribution in [-0.2, 0) is 9.53 Å². The van der Waals surface area contributed by atoms with E-state index in [-0.39, 0.29) is 6.03 Å². The molecule has 0 rings (SSSR count). The Bertz CT molecular complexity index is 220. The van der Waals surface area contributed by atoms with Gasteiger partial charge in [0.05, 0.1) is 0 Å².